The summed E-state index contributed by atoms with van der Waals surface area (Å²) in [6.45, 7) is 6.13. The van der Waals surface area contributed by atoms with E-state index in [1.807, 2.05) is 0 Å². The van der Waals surface area contributed by atoms with Crippen LogP contribution in [0.2, 0.25) is 0 Å². The molecule has 0 unspecified atom stereocenters. The van der Waals surface area contributed by atoms with Gasteiger partial charge in [-0.3, -0.25) is 0 Å². The number of carbonyl (C=O) groups is 2. The molecule has 0 bridgehead atoms. The van der Waals surface area contributed by atoms with Crippen LogP contribution in [0.15, 0.2) is 25.7 Å². The summed E-state index contributed by atoms with van der Waals surface area (Å²) in [6, 6.07) is 0. The summed E-state index contributed by atoms with van der Waals surface area (Å²) >= 11 is 0. The van der Waals surface area contributed by atoms with Crippen molar-refractivity contribution in [3.05, 3.63) is 25.7 Å². The van der Waals surface area contributed by atoms with Crippen LogP contribution < -0.4 is 0 Å². The Morgan fingerprint density at radius 1 is 1.00 bits per heavy atom. The van der Waals surface area contributed by atoms with E-state index in [1.54, 1.807) is 0 Å². The highest BCUT2D eigenvalue weighted by Crippen LogP contribution is 1.83. The highest BCUT2D eigenvalue weighted by molar-refractivity contribution is 6.29. The molecule has 0 heterocycles. The van der Waals surface area contributed by atoms with Gasteiger partial charge in [-0.15, -0.1) is 0 Å². The van der Waals surface area contributed by atoms with Gasteiger partial charge in [-0.2, -0.15) is 0 Å². The molecule has 0 aliphatic rings. The fourth-order valence-electron chi connectivity index (χ4n) is 0.248. The highest BCUT2D eigenvalue weighted by Gasteiger charge is 2.13. The normalized spacial score (nSPS) is 7.60. The minimum absolute atomic E-state index is 0.840. The second kappa shape index (κ2) is 4.31. The summed E-state index contributed by atoms with van der Waals surface area (Å²) < 4.78 is 8.12. The van der Waals surface area contributed by atoms with Crippen LogP contribution in [0.5, 0.6) is 0 Å². The Kier molecular flexibility index (Phi) is 3.63. The fourth-order valence-corrected chi connectivity index (χ4v) is 0.248. The summed E-state index contributed by atoms with van der Waals surface area (Å²) in [4.78, 5) is 20.6. The van der Waals surface area contributed by atoms with Crippen molar-refractivity contribution < 1.29 is 19.1 Å². The Balaban J connectivity index is 3.81. The quantitative estimate of drug-likeness (QED) is 0.317. The Labute approximate surface area is 57.7 Å². The van der Waals surface area contributed by atoms with Crippen LogP contribution >= 0.6 is 0 Å². The van der Waals surface area contributed by atoms with Crippen molar-refractivity contribution in [2.24, 2.45) is 0 Å². The average molecular weight is 142 g/mol. The van der Waals surface area contributed by atoms with Gasteiger partial charge in [0.25, 0.3) is 0 Å². The van der Waals surface area contributed by atoms with E-state index in [0.29, 0.717) is 0 Å². The predicted molar refractivity (Wildman–Crippen MR) is 32.6 cm³/mol. The largest absolute Gasteiger partial charge is 0.427 e. The van der Waals surface area contributed by atoms with Gasteiger partial charge >= 0.3 is 11.9 Å². The summed E-state index contributed by atoms with van der Waals surface area (Å²) in [5.41, 5.74) is 0. The summed E-state index contributed by atoms with van der Waals surface area (Å²) in [5, 5.41) is 0. The van der Waals surface area contributed by atoms with E-state index in [9.17, 15) is 9.59 Å². The first kappa shape index (κ1) is 8.42. The van der Waals surface area contributed by atoms with E-state index in [-0.39, 0.29) is 0 Å². The molecular weight excluding hydrogens is 136 g/mol. The van der Waals surface area contributed by atoms with Crippen molar-refractivity contribution in [2.75, 3.05) is 0 Å². The molecule has 0 atom stereocenters. The summed E-state index contributed by atoms with van der Waals surface area (Å²) in [5.74, 6) is -2.23. The number of hydrogen-bond acceptors (Lipinski definition) is 4. The molecular formula is C6H6O4. The molecule has 0 saturated heterocycles. The smallest absolute Gasteiger partial charge is 0.422 e. The van der Waals surface area contributed by atoms with Crippen LogP contribution in [0.25, 0.3) is 0 Å². The van der Waals surface area contributed by atoms with Gasteiger partial charge in [0.1, 0.15) is 0 Å². The molecule has 0 saturated carbocycles. The van der Waals surface area contributed by atoms with Crippen molar-refractivity contribution in [1.82, 2.24) is 0 Å². The van der Waals surface area contributed by atoms with E-state index in [1.165, 1.54) is 0 Å². The lowest BCUT2D eigenvalue weighted by Crippen LogP contribution is -2.15. The standard InChI is InChI=1S/C6H6O4/c1-3-9-5(7)6(8)10-4-2/h3-4H,1-2H2. The Morgan fingerprint density at radius 2 is 1.30 bits per heavy atom. The third kappa shape index (κ3) is 2.66. The van der Waals surface area contributed by atoms with Gasteiger partial charge in [0, 0.05) is 0 Å². The Bertz CT molecular complexity index is 151. The molecule has 0 aromatic rings. The first-order chi connectivity index (χ1) is 4.72. The zero-order valence-corrected chi connectivity index (χ0v) is 5.20. The third-order valence-electron chi connectivity index (χ3n) is 0.547. The molecule has 54 valence electrons. The van der Waals surface area contributed by atoms with Crippen molar-refractivity contribution in [2.45, 2.75) is 0 Å². The van der Waals surface area contributed by atoms with Gasteiger partial charge in [-0.1, -0.05) is 13.2 Å². The third-order valence-corrected chi connectivity index (χ3v) is 0.547. The van der Waals surface area contributed by atoms with Gasteiger partial charge in [0.05, 0.1) is 12.5 Å². The molecule has 0 fully saturated rings. The van der Waals surface area contributed by atoms with Gasteiger partial charge in [-0.25, -0.2) is 9.59 Å². The molecule has 0 aliphatic heterocycles. The summed E-state index contributed by atoms with van der Waals surface area (Å²) in [6.07, 6.45) is 1.68. The van der Waals surface area contributed by atoms with Crippen LogP contribution in [0, 0.1) is 0 Å². The van der Waals surface area contributed by atoms with Gasteiger partial charge in [0.15, 0.2) is 0 Å². The van der Waals surface area contributed by atoms with Crippen LogP contribution in [-0.2, 0) is 19.1 Å². The molecule has 10 heavy (non-hydrogen) atoms. The minimum atomic E-state index is -1.12. The van der Waals surface area contributed by atoms with Gasteiger partial charge < -0.3 is 9.47 Å². The molecule has 4 nitrogen and oxygen atoms in total. The van der Waals surface area contributed by atoms with Crippen LogP contribution in [0.4, 0.5) is 0 Å². The first-order valence-electron chi connectivity index (χ1n) is 2.35. The lowest BCUT2D eigenvalue weighted by atomic mass is 10.7. The van der Waals surface area contributed by atoms with E-state index in [0.717, 1.165) is 12.5 Å². The Morgan fingerprint density at radius 3 is 1.50 bits per heavy atom. The van der Waals surface area contributed by atoms with Crippen molar-refractivity contribution in [3.8, 4) is 0 Å². The van der Waals surface area contributed by atoms with Crippen molar-refractivity contribution >= 4 is 11.9 Å². The molecule has 4 heteroatoms. The number of ether oxygens (including phenoxy) is 2. The second-order valence-corrected chi connectivity index (χ2v) is 1.14. The lowest BCUT2D eigenvalue weighted by molar-refractivity contribution is -0.160. The number of carbonyl (C=O) groups excluding carboxylic acids is 2. The molecule has 0 aliphatic carbocycles. The van der Waals surface area contributed by atoms with Crippen LogP contribution in [-0.4, -0.2) is 11.9 Å². The van der Waals surface area contributed by atoms with Crippen molar-refractivity contribution in [3.63, 3.8) is 0 Å². The molecule has 0 amide bonds. The summed E-state index contributed by atoms with van der Waals surface area (Å²) in [7, 11) is 0. The maximum Gasteiger partial charge on any atom is 0.422 e. The fraction of sp³-hybridized carbons (Fsp3) is 0. The lowest BCUT2D eigenvalue weighted by Gasteiger charge is -1.93. The maximum absolute atomic E-state index is 10.3. The monoisotopic (exact) mass is 142 g/mol. The number of hydrogen-bond donors (Lipinski definition) is 0. The van der Waals surface area contributed by atoms with Crippen molar-refractivity contribution in [1.29, 1.82) is 0 Å². The minimum Gasteiger partial charge on any atom is -0.427 e. The number of rotatable bonds is 2. The Hall–Kier alpha value is -1.58. The molecule has 0 aromatic carbocycles. The molecule has 0 N–H and O–H groups in total. The average Bonchev–Trinajstić information content (AvgIpc) is 1.89. The zero-order valence-electron chi connectivity index (χ0n) is 5.20. The van der Waals surface area contributed by atoms with E-state index < -0.39 is 11.9 Å². The highest BCUT2D eigenvalue weighted by atomic mass is 16.6. The maximum atomic E-state index is 10.3. The molecule has 0 spiro atoms. The first-order valence-corrected chi connectivity index (χ1v) is 2.35. The van der Waals surface area contributed by atoms with Gasteiger partial charge in [0.2, 0.25) is 0 Å². The topological polar surface area (TPSA) is 52.6 Å². The number of esters is 2. The van der Waals surface area contributed by atoms with E-state index >= 15 is 0 Å². The van der Waals surface area contributed by atoms with Crippen LogP contribution in [0.1, 0.15) is 0 Å². The van der Waals surface area contributed by atoms with E-state index in [2.05, 4.69) is 22.6 Å². The SMILES string of the molecule is C=COC(=O)C(=O)OC=C. The predicted octanol–water partition coefficient (Wildman–Crippen LogP) is 0.360. The molecule has 0 rings (SSSR count). The van der Waals surface area contributed by atoms with Crippen LogP contribution in [0.3, 0.4) is 0 Å². The zero-order chi connectivity index (χ0) is 7.98. The molecule has 0 aromatic heterocycles. The second-order valence-electron chi connectivity index (χ2n) is 1.14. The van der Waals surface area contributed by atoms with Gasteiger partial charge in [-0.05, 0) is 0 Å². The van der Waals surface area contributed by atoms with E-state index in [4.69, 9.17) is 0 Å². The molecule has 0 radical (unpaired) electrons.